The van der Waals surface area contributed by atoms with Crippen molar-refractivity contribution in [2.24, 2.45) is 0 Å². The van der Waals surface area contributed by atoms with Crippen molar-refractivity contribution in [3.63, 3.8) is 0 Å². The van der Waals surface area contributed by atoms with Crippen molar-refractivity contribution in [2.75, 3.05) is 23.3 Å². The lowest BCUT2D eigenvalue weighted by Crippen LogP contribution is -2.55. The minimum absolute atomic E-state index is 0.0996. The molecule has 2 aliphatic rings. The summed E-state index contributed by atoms with van der Waals surface area (Å²) in [5.74, 6) is 0.702. The zero-order valence-electron chi connectivity index (χ0n) is 25.2. The highest BCUT2D eigenvalue weighted by Crippen LogP contribution is 2.32. The molecule has 0 bridgehead atoms. The van der Waals surface area contributed by atoms with Gasteiger partial charge in [-0.15, -0.1) is 0 Å². The maximum absolute atomic E-state index is 13.0. The predicted octanol–water partition coefficient (Wildman–Crippen LogP) is 7.28. The maximum atomic E-state index is 13.0. The van der Waals surface area contributed by atoms with Gasteiger partial charge in [0.1, 0.15) is 5.82 Å². The largest absolute Gasteiger partial charge is 0.416 e. The summed E-state index contributed by atoms with van der Waals surface area (Å²) in [6.45, 7) is 7.50. The third-order valence-electron chi connectivity index (χ3n) is 8.24. The molecule has 3 N–H and O–H groups in total. The fourth-order valence-electron chi connectivity index (χ4n) is 6.15. The van der Waals surface area contributed by atoms with Crippen molar-refractivity contribution >= 4 is 17.4 Å². The van der Waals surface area contributed by atoms with Gasteiger partial charge in [-0.1, -0.05) is 25.0 Å². The van der Waals surface area contributed by atoms with E-state index in [0.29, 0.717) is 5.56 Å². The Bertz CT molecular complexity index is 1390. The molecule has 1 aliphatic heterocycles. The van der Waals surface area contributed by atoms with E-state index in [1.807, 2.05) is 57.2 Å². The summed E-state index contributed by atoms with van der Waals surface area (Å²) in [5, 5.41) is 10.6. The second-order valence-electron chi connectivity index (χ2n) is 12.9. The zero-order chi connectivity index (χ0) is 30.6. The van der Waals surface area contributed by atoms with E-state index in [1.165, 1.54) is 12.1 Å². The van der Waals surface area contributed by atoms with Crippen molar-refractivity contribution in [3.05, 3.63) is 78.0 Å². The summed E-state index contributed by atoms with van der Waals surface area (Å²) in [6, 6.07) is 17.9. The van der Waals surface area contributed by atoms with Gasteiger partial charge in [-0.05, 0) is 106 Å². The van der Waals surface area contributed by atoms with Crippen molar-refractivity contribution < 1.29 is 18.0 Å². The number of pyridine rings is 1. The van der Waals surface area contributed by atoms with Gasteiger partial charge in [0.2, 0.25) is 0 Å². The van der Waals surface area contributed by atoms with Crippen LogP contribution in [0.4, 0.5) is 24.7 Å². The predicted molar refractivity (Wildman–Crippen MR) is 166 cm³/mol. The number of anilines is 2. The van der Waals surface area contributed by atoms with Crippen molar-refractivity contribution in [2.45, 2.75) is 89.1 Å². The molecule has 1 saturated heterocycles. The number of benzene rings is 2. The van der Waals surface area contributed by atoms with Gasteiger partial charge in [-0.2, -0.15) is 13.2 Å². The number of piperidine rings is 1. The van der Waals surface area contributed by atoms with Crippen LogP contribution in [0, 0.1) is 0 Å². The first kappa shape index (κ1) is 30.9. The van der Waals surface area contributed by atoms with E-state index in [0.717, 1.165) is 74.2 Å². The van der Waals surface area contributed by atoms with Crippen LogP contribution in [0.2, 0.25) is 0 Å². The molecule has 6 nitrogen and oxygen atoms in total. The SMILES string of the molecule is CC(C)(C)NC(=O)c1cccc(-c2ccnc(N[C@@H]3CCCC[C@H]3N[C@H]3CCCN(c4ccc(C(F)(F)F)cc4)C3)c2)c1. The van der Waals surface area contributed by atoms with Gasteiger partial charge in [-0.25, -0.2) is 4.98 Å². The number of nitrogens with zero attached hydrogens (tertiary/aromatic N) is 2. The molecule has 230 valence electrons. The molecule has 2 aromatic carbocycles. The first-order valence-corrected chi connectivity index (χ1v) is 15.3. The van der Waals surface area contributed by atoms with Crippen LogP contribution >= 0.6 is 0 Å². The summed E-state index contributed by atoms with van der Waals surface area (Å²) in [4.78, 5) is 19.5. The van der Waals surface area contributed by atoms with Crippen LogP contribution in [-0.4, -0.2) is 47.6 Å². The number of halogens is 3. The molecule has 1 aromatic heterocycles. The van der Waals surface area contributed by atoms with E-state index >= 15 is 0 Å². The summed E-state index contributed by atoms with van der Waals surface area (Å²) in [6.07, 6.45) is 3.88. The first-order chi connectivity index (χ1) is 20.4. The number of nitrogens with one attached hydrogen (secondary N) is 3. The summed E-state index contributed by atoms with van der Waals surface area (Å²) >= 11 is 0. The van der Waals surface area contributed by atoms with E-state index in [9.17, 15) is 18.0 Å². The zero-order valence-corrected chi connectivity index (χ0v) is 25.2. The third kappa shape index (κ3) is 8.28. The second-order valence-corrected chi connectivity index (χ2v) is 12.9. The average Bonchev–Trinajstić information content (AvgIpc) is 2.97. The van der Waals surface area contributed by atoms with Gasteiger partial charge in [0.05, 0.1) is 5.56 Å². The maximum Gasteiger partial charge on any atom is 0.416 e. The number of carbonyl (C=O) groups excluding carboxylic acids is 1. The Labute approximate surface area is 252 Å². The van der Waals surface area contributed by atoms with Crippen molar-refractivity contribution in [1.29, 1.82) is 0 Å². The van der Waals surface area contributed by atoms with Crippen molar-refractivity contribution in [1.82, 2.24) is 15.6 Å². The van der Waals surface area contributed by atoms with Gasteiger partial charge < -0.3 is 20.9 Å². The molecule has 3 aromatic rings. The van der Waals surface area contributed by atoms with E-state index < -0.39 is 11.7 Å². The van der Waals surface area contributed by atoms with E-state index in [1.54, 1.807) is 18.3 Å². The Kier molecular flexibility index (Phi) is 9.30. The summed E-state index contributed by atoms with van der Waals surface area (Å²) < 4.78 is 39.1. The lowest BCUT2D eigenvalue weighted by molar-refractivity contribution is -0.137. The highest BCUT2D eigenvalue weighted by Gasteiger charge is 2.32. The topological polar surface area (TPSA) is 69.3 Å². The normalized spacial score (nSPS) is 21.3. The van der Waals surface area contributed by atoms with Crippen LogP contribution in [0.1, 0.15) is 75.2 Å². The highest BCUT2D eigenvalue weighted by molar-refractivity contribution is 5.95. The smallest absolute Gasteiger partial charge is 0.370 e. The molecule has 2 heterocycles. The minimum atomic E-state index is -4.32. The molecular weight excluding hydrogens is 551 g/mol. The molecule has 0 radical (unpaired) electrons. The second kappa shape index (κ2) is 13.0. The number of carbonyl (C=O) groups is 1. The average molecular weight is 594 g/mol. The number of hydrogen-bond donors (Lipinski definition) is 3. The van der Waals surface area contributed by atoms with Crippen LogP contribution in [0.3, 0.4) is 0 Å². The standard InChI is InChI=1S/C34H42F3N5O/c1-33(2,3)41-32(43)25-9-6-8-23(20-25)24-17-18-38-31(21-24)40-30-12-5-4-11-29(30)39-27-10-7-19-42(22-27)28-15-13-26(14-16-28)34(35,36)37/h6,8-9,13-18,20-21,27,29-30,39H,4-5,7,10-12,19,22H2,1-3H3,(H,38,40)(H,41,43)/t27-,29+,30+/m0/s1. The molecule has 0 unspecified atom stereocenters. The Balaban J connectivity index is 1.24. The fourth-order valence-corrected chi connectivity index (χ4v) is 6.15. The number of rotatable bonds is 7. The molecule has 1 amide bonds. The molecule has 2 fully saturated rings. The molecule has 1 saturated carbocycles. The van der Waals surface area contributed by atoms with Crippen LogP contribution in [0.15, 0.2) is 66.9 Å². The lowest BCUT2D eigenvalue weighted by atomic mass is 9.89. The monoisotopic (exact) mass is 593 g/mol. The molecule has 3 atom stereocenters. The van der Waals surface area contributed by atoms with Gasteiger partial charge in [0, 0.05) is 54.2 Å². The Morgan fingerprint density at radius 2 is 1.60 bits per heavy atom. The highest BCUT2D eigenvalue weighted by atomic mass is 19.4. The number of alkyl halides is 3. The van der Waals surface area contributed by atoms with Crippen LogP contribution < -0.4 is 20.9 Å². The Hall–Kier alpha value is -3.59. The van der Waals surface area contributed by atoms with Crippen LogP contribution in [0.25, 0.3) is 11.1 Å². The number of aromatic nitrogens is 1. The first-order valence-electron chi connectivity index (χ1n) is 15.3. The Morgan fingerprint density at radius 1 is 0.884 bits per heavy atom. The van der Waals surface area contributed by atoms with Gasteiger partial charge in [0.15, 0.2) is 0 Å². The fraction of sp³-hybridized carbons (Fsp3) is 0.471. The summed E-state index contributed by atoms with van der Waals surface area (Å²) in [7, 11) is 0. The summed E-state index contributed by atoms with van der Waals surface area (Å²) in [5.41, 5.74) is 2.46. The van der Waals surface area contributed by atoms with E-state index in [2.05, 4.69) is 25.8 Å². The van der Waals surface area contributed by atoms with Crippen LogP contribution in [-0.2, 0) is 6.18 Å². The number of amides is 1. The molecule has 0 spiro atoms. The molecular formula is C34H42F3N5O. The molecule has 43 heavy (non-hydrogen) atoms. The van der Waals surface area contributed by atoms with E-state index in [-0.39, 0.29) is 29.6 Å². The molecule has 9 heteroatoms. The van der Waals surface area contributed by atoms with Crippen LogP contribution in [0.5, 0.6) is 0 Å². The third-order valence-corrected chi connectivity index (χ3v) is 8.24. The minimum Gasteiger partial charge on any atom is -0.370 e. The lowest BCUT2D eigenvalue weighted by Gasteiger charge is -2.40. The van der Waals surface area contributed by atoms with E-state index in [4.69, 9.17) is 0 Å². The molecule has 1 aliphatic carbocycles. The Morgan fingerprint density at radius 3 is 2.33 bits per heavy atom. The van der Waals surface area contributed by atoms with Crippen molar-refractivity contribution in [3.8, 4) is 11.1 Å². The van der Waals surface area contributed by atoms with Gasteiger partial charge in [-0.3, -0.25) is 4.79 Å². The number of hydrogen-bond acceptors (Lipinski definition) is 5. The van der Waals surface area contributed by atoms with Gasteiger partial charge >= 0.3 is 6.18 Å². The molecule has 5 rings (SSSR count). The quantitative estimate of drug-likeness (QED) is 0.269. The van der Waals surface area contributed by atoms with Gasteiger partial charge in [0.25, 0.3) is 5.91 Å².